The summed E-state index contributed by atoms with van der Waals surface area (Å²) in [7, 11) is 1.30. The van der Waals surface area contributed by atoms with Crippen molar-refractivity contribution in [1.29, 1.82) is 0 Å². The molecule has 0 unspecified atom stereocenters. The molecule has 2 aromatic carbocycles. The fourth-order valence-electron chi connectivity index (χ4n) is 2.19. The van der Waals surface area contributed by atoms with E-state index in [0.717, 1.165) is 10.0 Å². The van der Waals surface area contributed by atoms with Crippen molar-refractivity contribution in [1.82, 2.24) is 0 Å². The number of anilines is 2. The molecule has 0 bridgehead atoms. The van der Waals surface area contributed by atoms with Gasteiger partial charge < -0.3 is 15.4 Å². The van der Waals surface area contributed by atoms with Crippen molar-refractivity contribution < 1.29 is 19.1 Å². The molecule has 0 saturated carbocycles. The second-order valence-electron chi connectivity index (χ2n) is 5.82. The number of carbonyl (C=O) groups excluding carboxylic acids is 3. The molecule has 2 amide bonds. The molecule has 0 aliphatic carbocycles. The molecular weight excluding hydrogens is 412 g/mol. The third-order valence-electron chi connectivity index (χ3n) is 3.65. The molecule has 0 atom stereocenters. The van der Waals surface area contributed by atoms with Crippen LogP contribution in [0.4, 0.5) is 11.4 Å². The third kappa shape index (κ3) is 5.79. The van der Waals surface area contributed by atoms with Crippen LogP contribution in [0.25, 0.3) is 0 Å². The summed E-state index contributed by atoms with van der Waals surface area (Å²) < 4.78 is 5.38. The summed E-state index contributed by atoms with van der Waals surface area (Å²) in [5, 5.41) is 5.39. The van der Waals surface area contributed by atoms with Crippen LogP contribution in [0.15, 0.2) is 58.6 Å². The Morgan fingerprint density at radius 2 is 1.70 bits per heavy atom. The Morgan fingerprint density at radius 3 is 2.30 bits per heavy atom. The molecule has 0 aromatic heterocycles. The lowest BCUT2D eigenvalue weighted by molar-refractivity contribution is -0.114. The maximum atomic E-state index is 12.2. The number of hydrogen-bond acceptors (Lipinski definition) is 4. The van der Waals surface area contributed by atoms with Crippen molar-refractivity contribution in [3.8, 4) is 0 Å². The second-order valence-corrected chi connectivity index (χ2v) is 6.68. The van der Waals surface area contributed by atoms with Crippen LogP contribution in [0.1, 0.15) is 22.8 Å². The summed E-state index contributed by atoms with van der Waals surface area (Å²) >= 11 is 3.39. The molecule has 2 aromatic rings. The quantitative estimate of drug-likeness (QED) is 0.552. The predicted molar refractivity (Wildman–Crippen MR) is 108 cm³/mol. The highest BCUT2D eigenvalue weighted by Gasteiger charge is 2.10. The van der Waals surface area contributed by atoms with E-state index in [-0.39, 0.29) is 5.57 Å². The van der Waals surface area contributed by atoms with Crippen LogP contribution in [-0.4, -0.2) is 24.9 Å². The molecule has 0 fully saturated rings. The summed E-state index contributed by atoms with van der Waals surface area (Å²) in [5.41, 5.74) is 2.80. The number of benzene rings is 2. The summed E-state index contributed by atoms with van der Waals surface area (Å²) in [6, 6.07) is 11.8. The van der Waals surface area contributed by atoms with Gasteiger partial charge in [-0.05, 0) is 71.7 Å². The molecular formula is C20H19BrN2O4. The van der Waals surface area contributed by atoms with Crippen LogP contribution >= 0.6 is 15.9 Å². The number of methoxy groups -OCH3 is 1. The highest BCUT2D eigenvalue weighted by Crippen LogP contribution is 2.23. The number of aryl methyl sites for hydroxylation is 1. The van der Waals surface area contributed by atoms with E-state index < -0.39 is 17.8 Å². The minimum absolute atomic E-state index is 0.243. The van der Waals surface area contributed by atoms with E-state index in [1.807, 2.05) is 19.1 Å². The van der Waals surface area contributed by atoms with Crippen LogP contribution in [0.5, 0.6) is 0 Å². The molecule has 0 radical (unpaired) electrons. The van der Waals surface area contributed by atoms with E-state index in [0.29, 0.717) is 16.9 Å². The van der Waals surface area contributed by atoms with Crippen LogP contribution in [0.3, 0.4) is 0 Å². The second kappa shape index (κ2) is 9.14. The van der Waals surface area contributed by atoms with Crippen LogP contribution < -0.4 is 10.6 Å². The first-order valence-corrected chi connectivity index (χ1v) is 8.84. The highest BCUT2D eigenvalue weighted by molar-refractivity contribution is 9.10. The van der Waals surface area contributed by atoms with Crippen LogP contribution in [-0.2, 0) is 14.3 Å². The van der Waals surface area contributed by atoms with E-state index in [1.165, 1.54) is 13.2 Å². The number of nitrogens with one attached hydrogen (secondary N) is 2. The van der Waals surface area contributed by atoms with Gasteiger partial charge in [-0.25, -0.2) is 4.79 Å². The molecule has 0 heterocycles. The number of esters is 1. The van der Waals surface area contributed by atoms with Crippen LogP contribution in [0.2, 0.25) is 0 Å². The normalized spacial score (nSPS) is 10.9. The molecule has 2 N–H and O–H groups in total. The predicted octanol–water partition coefficient (Wildman–Crippen LogP) is 4.07. The molecule has 6 nitrogen and oxygen atoms in total. The lowest BCUT2D eigenvalue weighted by Gasteiger charge is -2.08. The van der Waals surface area contributed by atoms with Crippen molar-refractivity contribution in [2.75, 3.05) is 17.7 Å². The average molecular weight is 431 g/mol. The standard InChI is InChI=1S/C20H19BrN2O4/c1-12-4-9-17(16(21)10-12)23-18(24)11-13(2)19(25)22-15-7-5-14(6-8-15)20(26)27-3/h4-11H,1-3H3,(H,22,25)(H,23,24)/b13-11+. The molecule has 140 valence electrons. The first kappa shape index (κ1) is 20.4. The average Bonchev–Trinajstić information content (AvgIpc) is 2.64. The summed E-state index contributed by atoms with van der Waals surface area (Å²) in [6.45, 7) is 3.49. The smallest absolute Gasteiger partial charge is 0.337 e. The minimum atomic E-state index is -0.456. The van der Waals surface area contributed by atoms with Gasteiger partial charge in [-0.3, -0.25) is 9.59 Å². The number of amides is 2. The van der Waals surface area contributed by atoms with Crippen molar-refractivity contribution in [2.24, 2.45) is 0 Å². The number of halogens is 1. The first-order chi connectivity index (χ1) is 12.8. The van der Waals surface area contributed by atoms with Crippen molar-refractivity contribution >= 4 is 45.1 Å². The molecule has 0 aliphatic rings. The Morgan fingerprint density at radius 1 is 1.04 bits per heavy atom. The topological polar surface area (TPSA) is 84.5 Å². The minimum Gasteiger partial charge on any atom is -0.465 e. The van der Waals surface area contributed by atoms with Gasteiger partial charge in [-0.2, -0.15) is 0 Å². The van der Waals surface area contributed by atoms with E-state index in [9.17, 15) is 14.4 Å². The zero-order valence-corrected chi connectivity index (χ0v) is 16.7. The van der Waals surface area contributed by atoms with Crippen molar-refractivity contribution in [3.05, 3.63) is 69.7 Å². The zero-order chi connectivity index (χ0) is 20.0. The molecule has 7 heteroatoms. The molecule has 0 aliphatic heterocycles. The lowest BCUT2D eigenvalue weighted by Crippen LogP contribution is -2.16. The van der Waals surface area contributed by atoms with Crippen LogP contribution in [0, 0.1) is 6.92 Å². The number of rotatable bonds is 5. The highest BCUT2D eigenvalue weighted by atomic mass is 79.9. The van der Waals surface area contributed by atoms with Gasteiger partial charge in [0, 0.05) is 21.8 Å². The Bertz CT molecular complexity index is 905. The van der Waals surface area contributed by atoms with Gasteiger partial charge in [0.05, 0.1) is 18.4 Å². The Labute approximate surface area is 165 Å². The van der Waals surface area contributed by atoms with Gasteiger partial charge in [0.25, 0.3) is 5.91 Å². The Balaban J connectivity index is 2.00. The largest absolute Gasteiger partial charge is 0.465 e. The van der Waals surface area contributed by atoms with Crippen molar-refractivity contribution in [2.45, 2.75) is 13.8 Å². The van der Waals surface area contributed by atoms with Gasteiger partial charge in [0.2, 0.25) is 5.91 Å². The SMILES string of the molecule is COC(=O)c1ccc(NC(=O)/C(C)=C/C(=O)Nc2ccc(C)cc2Br)cc1. The molecule has 0 spiro atoms. The van der Waals surface area contributed by atoms with Crippen molar-refractivity contribution in [3.63, 3.8) is 0 Å². The number of ether oxygens (including phenoxy) is 1. The van der Waals surface area contributed by atoms with Gasteiger partial charge in [-0.15, -0.1) is 0 Å². The maximum absolute atomic E-state index is 12.2. The first-order valence-electron chi connectivity index (χ1n) is 8.05. The fraction of sp³-hybridized carbons (Fsp3) is 0.150. The van der Waals surface area contributed by atoms with E-state index in [2.05, 4.69) is 31.3 Å². The molecule has 0 saturated heterocycles. The van der Waals surface area contributed by atoms with Gasteiger partial charge in [-0.1, -0.05) is 6.07 Å². The fourth-order valence-corrected chi connectivity index (χ4v) is 2.78. The molecule has 2 rings (SSSR count). The Kier molecular flexibility index (Phi) is 6.90. The van der Waals surface area contributed by atoms with Gasteiger partial charge in [0.1, 0.15) is 0 Å². The Hall–Kier alpha value is -2.93. The summed E-state index contributed by atoms with van der Waals surface area (Å²) in [4.78, 5) is 35.8. The summed E-state index contributed by atoms with van der Waals surface area (Å²) in [5.74, 6) is -1.28. The lowest BCUT2D eigenvalue weighted by atomic mass is 10.2. The summed E-state index contributed by atoms with van der Waals surface area (Å²) in [6.07, 6.45) is 1.23. The van der Waals surface area contributed by atoms with E-state index in [4.69, 9.17) is 0 Å². The third-order valence-corrected chi connectivity index (χ3v) is 4.31. The van der Waals surface area contributed by atoms with Gasteiger partial charge in [0.15, 0.2) is 0 Å². The monoisotopic (exact) mass is 430 g/mol. The van der Waals surface area contributed by atoms with Gasteiger partial charge >= 0.3 is 5.97 Å². The van der Waals surface area contributed by atoms with E-state index >= 15 is 0 Å². The maximum Gasteiger partial charge on any atom is 0.337 e. The van der Waals surface area contributed by atoms with E-state index in [1.54, 1.807) is 37.3 Å². The number of hydrogen-bond donors (Lipinski definition) is 2. The zero-order valence-electron chi connectivity index (χ0n) is 15.1. The molecule has 27 heavy (non-hydrogen) atoms. The number of carbonyl (C=O) groups is 3.